The number of benzene rings is 2. The topological polar surface area (TPSA) is 74.2 Å². The summed E-state index contributed by atoms with van der Waals surface area (Å²) in [4.78, 5) is 0. The van der Waals surface area contributed by atoms with Crippen LogP contribution in [0.4, 0.5) is 0 Å². The van der Waals surface area contributed by atoms with Gasteiger partial charge in [-0.15, -0.1) is 0 Å². The molecule has 0 saturated carbocycles. The highest BCUT2D eigenvalue weighted by atomic mass is 31.2. The van der Waals surface area contributed by atoms with Crippen LogP contribution in [-0.4, -0.2) is 52.3 Å². The molecule has 0 bridgehead atoms. The summed E-state index contributed by atoms with van der Waals surface area (Å²) in [7, 11) is -6.13. The second-order valence-corrected chi connectivity index (χ2v) is 14.8. The second-order valence-electron chi connectivity index (χ2n) is 8.52. The first-order valence-corrected chi connectivity index (χ1v) is 14.7. The average molecular weight is 481 g/mol. The Balaban J connectivity index is 2.33. The lowest BCUT2D eigenvalue weighted by Crippen LogP contribution is -2.67. The van der Waals surface area contributed by atoms with Crippen molar-refractivity contribution in [3.8, 4) is 0 Å². The Morgan fingerprint density at radius 1 is 0.906 bits per heavy atom. The van der Waals surface area contributed by atoms with Crippen molar-refractivity contribution in [3.63, 3.8) is 0 Å². The van der Waals surface area contributed by atoms with Crippen molar-refractivity contribution in [2.75, 3.05) is 32.8 Å². The van der Waals surface area contributed by atoms with Crippen LogP contribution in [0.5, 0.6) is 0 Å². The van der Waals surface area contributed by atoms with E-state index in [4.69, 9.17) is 18.2 Å². The van der Waals surface area contributed by atoms with Gasteiger partial charge < -0.3 is 23.3 Å². The molecule has 0 amide bonds. The van der Waals surface area contributed by atoms with Gasteiger partial charge in [0.25, 0.3) is 8.32 Å². The van der Waals surface area contributed by atoms with Gasteiger partial charge in [0.15, 0.2) is 0 Å². The van der Waals surface area contributed by atoms with Crippen LogP contribution in [0, 0.1) is 0 Å². The molecule has 1 atom stereocenters. The number of aliphatic hydroxyl groups excluding tert-OH is 1. The van der Waals surface area contributed by atoms with Crippen LogP contribution >= 0.6 is 7.60 Å². The molecule has 1 unspecified atom stereocenters. The first kappa shape index (κ1) is 26.9. The van der Waals surface area contributed by atoms with E-state index in [1.165, 1.54) is 0 Å². The molecule has 2 aromatic rings. The fraction of sp³-hybridized carbons (Fsp3) is 0.500. The summed E-state index contributed by atoms with van der Waals surface area (Å²) < 4.78 is 35.9. The van der Waals surface area contributed by atoms with E-state index in [9.17, 15) is 9.67 Å². The van der Waals surface area contributed by atoms with Crippen molar-refractivity contribution in [2.24, 2.45) is 0 Å². The van der Waals surface area contributed by atoms with Gasteiger partial charge in [0.05, 0.1) is 26.4 Å². The largest absolute Gasteiger partial charge is 0.405 e. The van der Waals surface area contributed by atoms with Gasteiger partial charge in [-0.1, -0.05) is 81.4 Å². The third-order valence-corrected chi connectivity index (χ3v) is 12.0. The molecule has 0 aromatic heterocycles. The fourth-order valence-corrected chi connectivity index (χ4v) is 9.83. The Hall–Kier alpha value is -1.31. The summed E-state index contributed by atoms with van der Waals surface area (Å²) in [5, 5.41) is 12.1. The Bertz CT molecular complexity index is 791. The molecule has 32 heavy (non-hydrogen) atoms. The number of rotatable bonds is 13. The van der Waals surface area contributed by atoms with E-state index in [2.05, 4.69) is 45.0 Å². The third kappa shape index (κ3) is 6.61. The van der Waals surface area contributed by atoms with Crippen LogP contribution in [0.25, 0.3) is 0 Å². The SMILES string of the molecule is CCOP(=O)(COC(CO)CO[Si](c1ccccc1)(c1ccccc1)C(C)(C)C)OCC. The van der Waals surface area contributed by atoms with E-state index in [0.29, 0.717) is 0 Å². The van der Waals surface area contributed by atoms with Gasteiger partial charge >= 0.3 is 7.60 Å². The Morgan fingerprint density at radius 2 is 1.38 bits per heavy atom. The maximum absolute atomic E-state index is 12.8. The van der Waals surface area contributed by atoms with E-state index in [-0.39, 0.29) is 37.8 Å². The number of hydrogen-bond acceptors (Lipinski definition) is 6. The van der Waals surface area contributed by atoms with Crippen LogP contribution in [0.15, 0.2) is 60.7 Å². The molecule has 0 fully saturated rings. The number of hydrogen-bond donors (Lipinski definition) is 1. The molecular formula is C24H37O6PSi. The minimum Gasteiger partial charge on any atom is -0.405 e. The van der Waals surface area contributed by atoms with Crippen LogP contribution in [0.2, 0.25) is 5.04 Å². The molecule has 0 radical (unpaired) electrons. The molecule has 0 saturated heterocycles. The summed E-state index contributed by atoms with van der Waals surface area (Å²) in [5.41, 5.74) is 0. The number of ether oxygens (including phenoxy) is 1. The first-order valence-electron chi connectivity index (χ1n) is 11.1. The molecule has 8 heteroatoms. The smallest absolute Gasteiger partial charge is 0.356 e. The minimum atomic E-state index is -3.38. The zero-order valence-corrected chi connectivity index (χ0v) is 21.7. The molecule has 1 N–H and O–H groups in total. The maximum atomic E-state index is 12.8. The Labute approximate surface area is 193 Å². The van der Waals surface area contributed by atoms with Gasteiger partial charge in [-0.2, -0.15) is 0 Å². The lowest BCUT2D eigenvalue weighted by Gasteiger charge is -2.43. The van der Waals surface area contributed by atoms with Crippen molar-refractivity contribution in [1.82, 2.24) is 0 Å². The van der Waals surface area contributed by atoms with E-state index in [0.717, 1.165) is 10.4 Å². The van der Waals surface area contributed by atoms with E-state index in [1.54, 1.807) is 13.8 Å². The molecule has 0 heterocycles. The van der Waals surface area contributed by atoms with Gasteiger partial charge in [0, 0.05) is 0 Å². The highest BCUT2D eigenvalue weighted by Gasteiger charge is 2.50. The monoisotopic (exact) mass is 480 g/mol. The molecule has 0 spiro atoms. The quantitative estimate of drug-likeness (QED) is 0.343. The zero-order valence-electron chi connectivity index (χ0n) is 19.8. The predicted octanol–water partition coefficient (Wildman–Crippen LogP) is 4.16. The maximum Gasteiger partial charge on any atom is 0.356 e. The van der Waals surface area contributed by atoms with Crippen LogP contribution < -0.4 is 10.4 Å². The van der Waals surface area contributed by atoms with Gasteiger partial charge in [-0.05, 0) is 29.3 Å². The van der Waals surface area contributed by atoms with Crippen molar-refractivity contribution < 1.29 is 27.9 Å². The first-order chi connectivity index (χ1) is 15.2. The second kappa shape index (κ2) is 12.2. The standard InChI is InChI=1S/C24H37O6PSi/c1-6-28-31(26,29-7-2)20-27-21(18-25)19-30-32(24(3,4)5,22-14-10-8-11-15-22)23-16-12-9-13-17-23/h8-17,21,25H,6-7,18-20H2,1-5H3. The molecular weight excluding hydrogens is 443 g/mol. The lowest BCUT2D eigenvalue weighted by molar-refractivity contribution is -0.00393. The van der Waals surface area contributed by atoms with Crippen molar-refractivity contribution in [1.29, 1.82) is 0 Å². The molecule has 2 rings (SSSR count). The van der Waals surface area contributed by atoms with Crippen LogP contribution in [0.3, 0.4) is 0 Å². The van der Waals surface area contributed by atoms with Crippen molar-refractivity contribution >= 4 is 26.3 Å². The molecule has 0 aliphatic heterocycles. The zero-order chi connectivity index (χ0) is 23.7. The summed E-state index contributed by atoms with van der Waals surface area (Å²) >= 11 is 0. The van der Waals surface area contributed by atoms with Gasteiger partial charge in [0.1, 0.15) is 12.5 Å². The summed E-state index contributed by atoms with van der Waals surface area (Å²) in [6, 6.07) is 20.5. The van der Waals surface area contributed by atoms with Crippen LogP contribution in [0.1, 0.15) is 34.6 Å². The molecule has 6 nitrogen and oxygen atoms in total. The van der Waals surface area contributed by atoms with Crippen molar-refractivity contribution in [3.05, 3.63) is 60.7 Å². The highest BCUT2D eigenvalue weighted by molar-refractivity contribution is 7.53. The molecule has 2 aromatic carbocycles. The Kier molecular flexibility index (Phi) is 10.3. The fourth-order valence-electron chi connectivity index (χ4n) is 3.83. The summed E-state index contributed by atoms with van der Waals surface area (Å²) in [6.45, 7) is 10.5. The van der Waals surface area contributed by atoms with Gasteiger partial charge in [-0.3, -0.25) is 4.57 Å². The number of aliphatic hydroxyl groups is 1. The highest BCUT2D eigenvalue weighted by Crippen LogP contribution is 2.48. The van der Waals surface area contributed by atoms with E-state index < -0.39 is 22.0 Å². The molecule has 0 aliphatic rings. The summed E-state index contributed by atoms with van der Waals surface area (Å²) in [6.07, 6.45) is -0.893. The average Bonchev–Trinajstić information content (AvgIpc) is 2.77. The van der Waals surface area contributed by atoms with Crippen LogP contribution in [-0.2, 0) is 22.8 Å². The normalized spacial score (nSPS) is 13.8. The lowest BCUT2D eigenvalue weighted by atomic mass is 10.2. The van der Waals surface area contributed by atoms with Gasteiger partial charge in [-0.25, -0.2) is 0 Å². The minimum absolute atomic E-state index is 0.155. The molecule has 178 valence electrons. The molecule has 0 aliphatic carbocycles. The van der Waals surface area contributed by atoms with Gasteiger partial charge in [0.2, 0.25) is 0 Å². The van der Waals surface area contributed by atoms with Crippen molar-refractivity contribution in [2.45, 2.75) is 45.8 Å². The summed E-state index contributed by atoms with van der Waals surface area (Å²) in [5.74, 6) is 0. The van der Waals surface area contributed by atoms with E-state index in [1.807, 2.05) is 36.4 Å². The van der Waals surface area contributed by atoms with E-state index >= 15 is 0 Å². The predicted molar refractivity (Wildman–Crippen MR) is 131 cm³/mol. The third-order valence-electron chi connectivity index (χ3n) is 5.23. The Morgan fingerprint density at radius 3 is 1.75 bits per heavy atom.